The number of aliphatic hydroxyl groups is 2. The predicted octanol–water partition coefficient (Wildman–Crippen LogP) is 1.36. The Balaban J connectivity index is 1.57. The molecule has 1 fully saturated rings. The van der Waals surface area contributed by atoms with Gasteiger partial charge in [0.1, 0.15) is 17.8 Å². The van der Waals surface area contributed by atoms with Crippen LogP contribution in [0.4, 0.5) is 13.2 Å². The van der Waals surface area contributed by atoms with E-state index >= 15 is 0 Å². The number of halogens is 3. The van der Waals surface area contributed by atoms with Gasteiger partial charge in [-0.1, -0.05) is 30.3 Å². The van der Waals surface area contributed by atoms with Crippen molar-refractivity contribution in [3.63, 3.8) is 0 Å². The summed E-state index contributed by atoms with van der Waals surface area (Å²) >= 11 is 0. The van der Waals surface area contributed by atoms with Crippen molar-refractivity contribution in [3.8, 4) is 0 Å². The maximum Gasteiger partial charge on any atom is 0.417 e. The van der Waals surface area contributed by atoms with Crippen LogP contribution in [0.15, 0.2) is 54.6 Å². The Morgan fingerprint density at radius 1 is 1.03 bits per heavy atom. The summed E-state index contributed by atoms with van der Waals surface area (Å²) in [4.78, 5) is 24.4. The first-order valence-corrected chi connectivity index (χ1v) is 9.41. The summed E-state index contributed by atoms with van der Waals surface area (Å²) in [5.74, 6) is -1.45. The number of benzene rings is 2. The molecule has 0 bridgehead atoms. The lowest BCUT2D eigenvalue weighted by Gasteiger charge is -2.26. The third kappa shape index (κ3) is 5.22. The molecule has 166 valence electrons. The standard InChI is InChI=1S/C21H21F3N2O5/c22-21(23,24)15-9-5-4-8-14(15)19(29)25-10-16-17(27)20(30,12-31-16)11-26-18(28)13-6-2-1-3-7-13/h1-9,16-17,27,30H,10-12H2,(H,25,29)(H,26,28)/t16-,17-,20+/m1/s1. The van der Waals surface area contributed by atoms with E-state index in [1.54, 1.807) is 30.3 Å². The highest BCUT2D eigenvalue weighted by Crippen LogP contribution is 2.32. The molecule has 0 unspecified atom stereocenters. The molecule has 0 saturated carbocycles. The first-order valence-electron chi connectivity index (χ1n) is 9.41. The first kappa shape index (κ1) is 22.7. The Morgan fingerprint density at radius 2 is 1.68 bits per heavy atom. The highest BCUT2D eigenvalue weighted by Gasteiger charge is 2.48. The van der Waals surface area contributed by atoms with Crippen LogP contribution in [-0.4, -0.2) is 59.5 Å². The lowest BCUT2D eigenvalue weighted by atomic mass is 9.96. The minimum Gasteiger partial charge on any atom is -0.387 e. The molecule has 0 aliphatic carbocycles. The Hall–Kier alpha value is -2.95. The molecular weight excluding hydrogens is 417 g/mol. The van der Waals surface area contributed by atoms with Crippen molar-refractivity contribution in [1.82, 2.24) is 10.6 Å². The van der Waals surface area contributed by atoms with E-state index in [1.165, 1.54) is 12.1 Å². The SMILES string of the molecule is O=C(NC[C@]1(O)CO[C@H](CNC(=O)c2ccccc2C(F)(F)F)[C@H]1O)c1ccccc1. The van der Waals surface area contributed by atoms with E-state index in [0.29, 0.717) is 5.56 Å². The van der Waals surface area contributed by atoms with Gasteiger partial charge in [-0.2, -0.15) is 13.2 Å². The van der Waals surface area contributed by atoms with Crippen LogP contribution >= 0.6 is 0 Å². The number of aliphatic hydroxyl groups excluding tert-OH is 1. The van der Waals surface area contributed by atoms with E-state index in [0.717, 1.165) is 12.1 Å². The third-order valence-corrected chi connectivity index (χ3v) is 4.98. The van der Waals surface area contributed by atoms with Gasteiger partial charge in [-0.05, 0) is 24.3 Å². The van der Waals surface area contributed by atoms with Crippen LogP contribution in [-0.2, 0) is 10.9 Å². The molecule has 4 N–H and O–H groups in total. The third-order valence-electron chi connectivity index (χ3n) is 4.98. The van der Waals surface area contributed by atoms with Crippen molar-refractivity contribution in [2.45, 2.75) is 24.0 Å². The molecule has 10 heteroatoms. The van der Waals surface area contributed by atoms with Crippen molar-refractivity contribution in [2.24, 2.45) is 0 Å². The van der Waals surface area contributed by atoms with Gasteiger partial charge in [-0.15, -0.1) is 0 Å². The highest BCUT2D eigenvalue weighted by molar-refractivity contribution is 5.96. The summed E-state index contributed by atoms with van der Waals surface area (Å²) in [7, 11) is 0. The zero-order chi connectivity index (χ0) is 22.6. The van der Waals surface area contributed by atoms with Gasteiger partial charge in [-0.3, -0.25) is 9.59 Å². The molecule has 2 amide bonds. The van der Waals surface area contributed by atoms with Crippen LogP contribution < -0.4 is 10.6 Å². The van der Waals surface area contributed by atoms with E-state index in [4.69, 9.17) is 4.74 Å². The van der Waals surface area contributed by atoms with Gasteiger partial charge < -0.3 is 25.6 Å². The Labute approximate surface area is 175 Å². The van der Waals surface area contributed by atoms with Crippen LogP contribution in [0.2, 0.25) is 0 Å². The van der Waals surface area contributed by atoms with Crippen LogP contribution in [0, 0.1) is 0 Å². The predicted molar refractivity (Wildman–Crippen MR) is 103 cm³/mol. The van der Waals surface area contributed by atoms with Gasteiger partial charge in [0.05, 0.1) is 24.3 Å². The molecule has 3 rings (SSSR count). The summed E-state index contributed by atoms with van der Waals surface area (Å²) in [6.45, 7) is -0.979. The quantitative estimate of drug-likeness (QED) is 0.545. The second kappa shape index (κ2) is 9.04. The van der Waals surface area contributed by atoms with Crippen LogP contribution in [0.1, 0.15) is 26.3 Å². The van der Waals surface area contributed by atoms with Gasteiger partial charge >= 0.3 is 6.18 Å². The number of alkyl halides is 3. The Bertz CT molecular complexity index is 938. The summed E-state index contributed by atoms with van der Waals surface area (Å²) in [6.07, 6.45) is -7.25. The fourth-order valence-electron chi connectivity index (χ4n) is 3.24. The van der Waals surface area contributed by atoms with E-state index in [2.05, 4.69) is 10.6 Å². The van der Waals surface area contributed by atoms with Crippen LogP contribution in [0.5, 0.6) is 0 Å². The normalized spacial score (nSPS) is 23.4. The summed E-state index contributed by atoms with van der Waals surface area (Å²) in [5.41, 5.74) is -3.09. The van der Waals surface area contributed by atoms with Gasteiger partial charge in [0.15, 0.2) is 0 Å². The van der Waals surface area contributed by atoms with E-state index in [9.17, 15) is 33.0 Å². The summed E-state index contributed by atoms with van der Waals surface area (Å²) < 4.78 is 44.5. The fraction of sp³-hybridized carbons (Fsp3) is 0.333. The number of carbonyl (C=O) groups is 2. The molecule has 0 radical (unpaired) electrons. The topological polar surface area (TPSA) is 108 Å². The van der Waals surface area contributed by atoms with Gasteiger partial charge in [0.2, 0.25) is 0 Å². The molecular formula is C21H21F3N2O5. The van der Waals surface area contributed by atoms with Crippen LogP contribution in [0.25, 0.3) is 0 Å². The molecule has 0 aromatic heterocycles. The Kier molecular flexibility index (Phi) is 6.63. The molecule has 3 atom stereocenters. The Morgan fingerprint density at radius 3 is 2.35 bits per heavy atom. The van der Waals surface area contributed by atoms with Gasteiger partial charge in [0, 0.05) is 12.1 Å². The van der Waals surface area contributed by atoms with Gasteiger partial charge in [-0.25, -0.2) is 0 Å². The number of nitrogens with one attached hydrogen (secondary N) is 2. The monoisotopic (exact) mass is 438 g/mol. The smallest absolute Gasteiger partial charge is 0.387 e. The first-order chi connectivity index (χ1) is 14.6. The molecule has 7 nitrogen and oxygen atoms in total. The molecule has 2 aromatic carbocycles. The molecule has 0 spiro atoms. The molecule has 1 aliphatic rings. The second-order valence-corrected chi connectivity index (χ2v) is 7.20. The van der Waals surface area contributed by atoms with Crippen molar-refractivity contribution in [1.29, 1.82) is 0 Å². The molecule has 31 heavy (non-hydrogen) atoms. The molecule has 1 saturated heterocycles. The average molecular weight is 438 g/mol. The van der Waals surface area contributed by atoms with Crippen molar-refractivity contribution in [2.75, 3.05) is 19.7 Å². The fourth-order valence-corrected chi connectivity index (χ4v) is 3.24. The van der Waals surface area contributed by atoms with E-state index in [-0.39, 0.29) is 19.7 Å². The minimum absolute atomic E-state index is 0.316. The van der Waals surface area contributed by atoms with E-state index in [1.807, 2.05) is 0 Å². The molecule has 1 aliphatic heterocycles. The number of hydrogen-bond acceptors (Lipinski definition) is 5. The summed E-state index contributed by atoms with van der Waals surface area (Å²) in [6, 6.07) is 12.6. The highest BCUT2D eigenvalue weighted by atomic mass is 19.4. The lowest BCUT2D eigenvalue weighted by Crippen LogP contribution is -2.53. The maximum atomic E-state index is 13.1. The number of carbonyl (C=O) groups excluding carboxylic acids is 2. The second-order valence-electron chi connectivity index (χ2n) is 7.20. The summed E-state index contributed by atoms with van der Waals surface area (Å²) in [5, 5.41) is 25.8. The zero-order valence-corrected chi connectivity index (χ0v) is 16.2. The van der Waals surface area contributed by atoms with Crippen molar-refractivity contribution >= 4 is 11.8 Å². The number of amides is 2. The van der Waals surface area contributed by atoms with Crippen molar-refractivity contribution < 1.29 is 37.7 Å². The molecule has 1 heterocycles. The van der Waals surface area contributed by atoms with Crippen LogP contribution in [0.3, 0.4) is 0 Å². The average Bonchev–Trinajstić information content (AvgIpc) is 3.04. The van der Waals surface area contributed by atoms with Gasteiger partial charge in [0.25, 0.3) is 11.8 Å². The largest absolute Gasteiger partial charge is 0.417 e. The lowest BCUT2D eigenvalue weighted by molar-refractivity contribution is -0.137. The van der Waals surface area contributed by atoms with E-state index < -0.39 is 46.9 Å². The minimum atomic E-state index is -4.70. The van der Waals surface area contributed by atoms with Crippen molar-refractivity contribution in [3.05, 3.63) is 71.3 Å². The number of rotatable bonds is 6. The number of ether oxygens (including phenoxy) is 1. The zero-order valence-electron chi connectivity index (χ0n) is 16.2. The maximum absolute atomic E-state index is 13.1. The number of hydrogen-bond donors (Lipinski definition) is 4. The molecule has 2 aromatic rings.